The van der Waals surface area contributed by atoms with Gasteiger partial charge in [0.25, 0.3) is 0 Å². The van der Waals surface area contributed by atoms with Crippen LogP contribution in [-0.2, 0) is 6.54 Å². The Morgan fingerprint density at radius 1 is 1.00 bits per heavy atom. The Bertz CT molecular complexity index is 642. The zero-order valence-corrected chi connectivity index (χ0v) is 14.1. The van der Waals surface area contributed by atoms with Crippen LogP contribution in [0.4, 0.5) is 0 Å². The maximum absolute atomic E-state index is 5.86. The van der Waals surface area contributed by atoms with Crippen LogP contribution in [0.2, 0.25) is 5.02 Å². The third kappa shape index (κ3) is 5.49. The van der Waals surface area contributed by atoms with Gasteiger partial charge in [-0.3, -0.25) is 0 Å². The zero-order valence-electron chi connectivity index (χ0n) is 13.4. The van der Waals surface area contributed by atoms with E-state index in [-0.39, 0.29) is 0 Å². The molecular formula is C18H21ClN2O2. The van der Waals surface area contributed by atoms with Crippen molar-refractivity contribution in [3.8, 4) is 11.5 Å². The molecule has 2 rings (SSSR count). The van der Waals surface area contributed by atoms with Crippen molar-refractivity contribution in [2.75, 3.05) is 13.2 Å². The lowest BCUT2D eigenvalue weighted by molar-refractivity contribution is 0.288. The van der Waals surface area contributed by atoms with Gasteiger partial charge in [0.1, 0.15) is 0 Å². The molecule has 0 saturated heterocycles. The van der Waals surface area contributed by atoms with Crippen LogP contribution in [0, 0.1) is 0 Å². The van der Waals surface area contributed by atoms with E-state index in [1.807, 2.05) is 56.3 Å². The van der Waals surface area contributed by atoms with E-state index in [1.165, 1.54) is 0 Å². The van der Waals surface area contributed by atoms with E-state index in [0.717, 1.165) is 27.6 Å². The average Bonchev–Trinajstić information content (AvgIpc) is 2.56. The Balaban J connectivity index is 1.95. The van der Waals surface area contributed by atoms with Crippen molar-refractivity contribution in [3.05, 3.63) is 58.6 Å². The molecule has 0 aliphatic rings. The highest BCUT2D eigenvalue weighted by Gasteiger charge is 2.04. The summed E-state index contributed by atoms with van der Waals surface area (Å²) in [6, 6.07) is 13.4. The quantitative estimate of drug-likeness (QED) is 0.580. The van der Waals surface area contributed by atoms with Gasteiger partial charge < -0.3 is 14.9 Å². The van der Waals surface area contributed by atoms with Gasteiger partial charge in [-0.1, -0.05) is 23.7 Å². The Kier molecular flexibility index (Phi) is 6.76. The molecule has 5 heteroatoms. The molecule has 122 valence electrons. The van der Waals surface area contributed by atoms with Gasteiger partial charge in [-0.05, 0) is 55.3 Å². The summed E-state index contributed by atoms with van der Waals surface area (Å²) < 4.78 is 11.1. The second-order valence-corrected chi connectivity index (χ2v) is 5.23. The lowest BCUT2D eigenvalue weighted by Crippen LogP contribution is -2.05. The van der Waals surface area contributed by atoms with Gasteiger partial charge in [-0.15, -0.1) is 0 Å². The van der Waals surface area contributed by atoms with Crippen molar-refractivity contribution < 1.29 is 9.47 Å². The van der Waals surface area contributed by atoms with Gasteiger partial charge in [0.05, 0.1) is 26.0 Å². The third-order valence-corrected chi connectivity index (χ3v) is 3.32. The largest absolute Gasteiger partial charge is 0.490 e. The van der Waals surface area contributed by atoms with Crippen LogP contribution in [0.3, 0.4) is 0 Å². The van der Waals surface area contributed by atoms with E-state index in [2.05, 4.69) is 10.5 Å². The van der Waals surface area contributed by atoms with Crippen LogP contribution in [0.15, 0.2) is 47.6 Å². The van der Waals surface area contributed by atoms with Crippen molar-refractivity contribution in [2.24, 2.45) is 5.10 Å². The first-order chi connectivity index (χ1) is 11.2. The minimum atomic E-state index is 0.593. The second-order valence-electron chi connectivity index (χ2n) is 4.79. The molecule has 23 heavy (non-hydrogen) atoms. The second kappa shape index (κ2) is 9.06. The molecule has 0 aromatic heterocycles. The van der Waals surface area contributed by atoms with Crippen LogP contribution in [-0.4, -0.2) is 19.4 Å². The molecule has 2 aromatic carbocycles. The first kappa shape index (κ1) is 17.2. The van der Waals surface area contributed by atoms with Crippen molar-refractivity contribution in [1.29, 1.82) is 0 Å². The molecule has 4 nitrogen and oxygen atoms in total. The van der Waals surface area contributed by atoms with Crippen LogP contribution in [0.1, 0.15) is 25.0 Å². The van der Waals surface area contributed by atoms with Gasteiger partial charge >= 0.3 is 0 Å². The molecule has 0 fully saturated rings. The molecule has 0 amide bonds. The van der Waals surface area contributed by atoms with Gasteiger partial charge in [0.15, 0.2) is 11.5 Å². The minimum absolute atomic E-state index is 0.593. The van der Waals surface area contributed by atoms with Crippen molar-refractivity contribution in [2.45, 2.75) is 20.4 Å². The molecule has 0 atom stereocenters. The number of ether oxygens (including phenoxy) is 2. The predicted octanol–water partition coefficient (Wildman–Crippen LogP) is 4.26. The normalized spacial score (nSPS) is 10.7. The molecule has 0 heterocycles. The van der Waals surface area contributed by atoms with E-state index in [0.29, 0.717) is 19.8 Å². The Labute approximate surface area is 142 Å². The number of hydrogen-bond donors (Lipinski definition) is 1. The first-order valence-electron chi connectivity index (χ1n) is 7.63. The first-order valence-corrected chi connectivity index (χ1v) is 8.00. The van der Waals surface area contributed by atoms with Crippen LogP contribution >= 0.6 is 11.6 Å². The average molecular weight is 333 g/mol. The monoisotopic (exact) mass is 332 g/mol. The Morgan fingerprint density at radius 2 is 1.70 bits per heavy atom. The molecule has 0 aliphatic carbocycles. The standard InChI is InChI=1S/C18H21ClN2O2/c1-3-22-17-10-7-15(11-18(17)23-4-2)13-21-20-12-14-5-8-16(19)9-6-14/h5-11,13,20H,3-4,12H2,1-2H3/b21-13-. The van der Waals surface area contributed by atoms with Gasteiger partial charge in [-0.25, -0.2) is 0 Å². The van der Waals surface area contributed by atoms with Crippen LogP contribution in [0.25, 0.3) is 0 Å². The van der Waals surface area contributed by atoms with E-state index in [1.54, 1.807) is 6.21 Å². The molecule has 1 N–H and O–H groups in total. The number of benzene rings is 2. The summed E-state index contributed by atoms with van der Waals surface area (Å²) in [5.41, 5.74) is 5.08. The number of nitrogens with zero attached hydrogens (tertiary/aromatic N) is 1. The third-order valence-electron chi connectivity index (χ3n) is 3.07. The SMILES string of the molecule is CCOc1ccc(/C=N\NCc2ccc(Cl)cc2)cc1OCC. The highest BCUT2D eigenvalue weighted by Crippen LogP contribution is 2.27. The minimum Gasteiger partial charge on any atom is -0.490 e. The van der Waals surface area contributed by atoms with E-state index >= 15 is 0 Å². The molecular weight excluding hydrogens is 312 g/mol. The number of hydrazone groups is 1. The smallest absolute Gasteiger partial charge is 0.161 e. The maximum Gasteiger partial charge on any atom is 0.161 e. The van der Waals surface area contributed by atoms with Crippen LogP contribution in [0.5, 0.6) is 11.5 Å². The Morgan fingerprint density at radius 3 is 2.39 bits per heavy atom. The zero-order chi connectivity index (χ0) is 16.5. The summed E-state index contributed by atoms with van der Waals surface area (Å²) >= 11 is 5.86. The van der Waals surface area contributed by atoms with E-state index in [4.69, 9.17) is 21.1 Å². The molecule has 0 radical (unpaired) electrons. The van der Waals surface area contributed by atoms with Crippen molar-refractivity contribution in [3.63, 3.8) is 0 Å². The number of hydrogen-bond acceptors (Lipinski definition) is 4. The fraction of sp³-hybridized carbons (Fsp3) is 0.278. The van der Waals surface area contributed by atoms with E-state index in [9.17, 15) is 0 Å². The fourth-order valence-corrected chi connectivity index (χ4v) is 2.13. The summed E-state index contributed by atoms with van der Waals surface area (Å²) in [6.07, 6.45) is 1.76. The molecule has 0 aliphatic heterocycles. The van der Waals surface area contributed by atoms with Crippen LogP contribution < -0.4 is 14.9 Å². The highest BCUT2D eigenvalue weighted by molar-refractivity contribution is 6.30. The maximum atomic E-state index is 5.86. The Hall–Kier alpha value is -2.20. The molecule has 0 saturated carbocycles. The van der Waals surface area contributed by atoms with Gasteiger partial charge in [0.2, 0.25) is 0 Å². The highest BCUT2D eigenvalue weighted by atomic mass is 35.5. The van der Waals surface area contributed by atoms with Crippen molar-refractivity contribution >= 4 is 17.8 Å². The summed E-state index contributed by atoms with van der Waals surface area (Å²) in [4.78, 5) is 0. The molecule has 2 aromatic rings. The van der Waals surface area contributed by atoms with E-state index < -0.39 is 0 Å². The summed E-state index contributed by atoms with van der Waals surface area (Å²) in [5, 5.41) is 4.96. The number of halogens is 1. The summed E-state index contributed by atoms with van der Waals surface area (Å²) in [5.74, 6) is 1.48. The topological polar surface area (TPSA) is 42.8 Å². The number of rotatable bonds is 8. The summed E-state index contributed by atoms with van der Waals surface area (Å²) in [7, 11) is 0. The molecule has 0 unspecified atom stereocenters. The lowest BCUT2D eigenvalue weighted by Gasteiger charge is -2.11. The van der Waals surface area contributed by atoms with Crippen molar-refractivity contribution in [1.82, 2.24) is 5.43 Å². The molecule has 0 spiro atoms. The predicted molar refractivity (Wildman–Crippen MR) is 94.7 cm³/mol. The molecule has 0 bridgehead atoms. The lowest BCUT2D eigenvalue weighted by atomic mass is 10.2. The summed E-state index contributed by atoms with van der Waals surface area (Å²) in [6.45, 7) is 5.74. The fourth-order valence-electron chi connectivity index (χ4n) is 2.01. The van der Waals surface area contributed by atoms with Gasteiger partial charge in [-0.2, -0.15) is 5.10 Å². The van der Waals surface area contributed by atoms with Gasteiger partial charge in [0, 0.05) is 5.02 Å². The number of nitrogens with one attached hydrogen (secondary N) is 1.